The fourth-order valence-corrected chi connectivity index (χ4v) is 4.91. The highest BCUT2D eigenvalue weighted by Crippen LogP contribution is 2.41. The van der Waals surface area contributed by atoms with E-state index in [1.54, 1.807) is 0 Å². The Labute approximate surface area is 193 Å². The van der Waals surface area contributed by atoms with E-state index in [0.717, 1.165) is 59.9 Å². The van der Waals surface area contributed by atoms with Gasteiger partial charge in [0.1, 0.15) is 23.2 Å². The molecule has 0 radical (unpaired) electrons. The van der Waals surface area contributed by atoms with Crippen molar-refractivity contribution in [1.29, 1.82) is 0 Å². The first-order valence-corrected chi connectivity index (χ1v) is 12.0. The summed E-state index contributed by atoms with van der Waals surface area (Å²) in [6.07, 6.45) is 6.70. The number of nitrogens with zero attached hydrogens (tertiary/aromatic N) is 4. The second kappa shape index (κ2) is 8.33. The molecular formula is C25H30N6O2. The normalized spacial score (nSPS) is 21.9. The third kappa shape index (κ3) is 4.04. The topological polar surface area (TPSA) is 84.3 Å². The van der Waals surface area contributed by atoms with Crippen molar-refractivity contribution in [3.8, 4) is 16.9 Å². The summed E-state index contributed by atoms with van der Waals surface area (Å²) in [7, 11) is 0. The van der Waals surface area contributed by atoms with Gasteiger partial charge in [-0.25, -0.2) is 9.97 Å². The van der Waals surface area contributed by atoms with Gasteiger partial charge in [-0.05, 0) is 49.6 Å². The van der Waals surface area contributed by atoms with E-state index < -0.39 is 0 Å². The van der Waals surface area contributed by atoms with Crippen LogP contribution in [0.4, 0.5) is 5.82 Å². The van der Waals surface area contributed by atoms with Crippen molar-refractivity contribution in [3.63, 3.8) is 0 Å². The number of imidazole rings is 1. The van der Waals surface area contributed by atoms with E-state index in [9.17, 15) is 4.79 Å². The van der Waals surface area contributed by atoms with Crippen LogP contribution in [-0.4, -0.2) is 59.3 Å². The molecule has 1 aliphatic carbocycles. The van der Waals surface area contributed by atoms with Gasteiger partial charge in [-0.2, -0.15) is 0 Å². The molecule has 1 amide bonds. The van der Waals surface area contributed by atoms with E-state index in [1.807, 2.05) is 12.5 Å². The Balaban J connectivity index is 1.33. The molecule has 2 unspecified atom stereocenters. The van der Waals surface area contributed by atoms with Gasteiger partial charge in [-0.3, -0.25) is 4.79 Å². The highest BCUT2D eigenvalue weighted by atomic mass is 16.5. The molecule has 2 saturated heterocycles. The third-order valence-corrected chi connectivity index (χ3v) is 7.08. The highest BCUT2D eigenvalue weighted by Gasteiger charge is 2.30. The number of amides is 1. The Morgan fingerprint density at radius 1 is 1.12 bits per heavy atom. The Morgan fingerprint density at radius 3 is 2.67 bits per heavy atom. The van der Waals surface area contributed by atoms with Crippen LogP contribution >= 0.6 is 0 Å². The summed E-state index contributed by atoms with van der Waals surface area (Å²) in [6, 6.07) is 9.00. The molecule has 6 rings (SSSR count). The number of fused-ring (bicyclic) bond motifs is 1. The molecule has 0 bridgehead atoms. The first-order chi connectivity index (χ1) is 16.2. The molecule has 2 atom stereocenters. The fraction of sp³-hybridized carbons (Fsp3) is 0.480. The van der Waals surface area contributed by atoms with Crippen LogP contribution in [0.3, 0.4) is 0 Å². The maximum atomic E-state index is 11.7. The first-order valence-electron chi connectivity index (χ1n) is 12.0. The van der Waals surface area contributed by atoms with Crippen molar-refractivity contribution < 1.29 is 9.53 Å². The van der Waals surface area contributed by atoms with Gasteiger partial charge >= 0.3 is 0 Å². The number of hydrogen-bond donors (Lipinski definition) is 2. The lowest BCUT2D eigenvalue weighted by Gasteiger charge is -2.28. The number of aromatic nitrogens is 3. The van der Waals surface area contributed by atoms with Crippen LogP contribution in [0.25, 0.3) is 22.2 Å². The van der Waals surface area contributed by atoms with Gasteiger partial charge in [-0.15, -0.1) is 0 Å². The van der Waals surface area contributed by atoms with Crippen molar-refractivity contribution in [3.05, 3.63) is 36.8 Å². The molecule has 8 nitrogen and oxygen atoms in total. The number of carbonyl (C=O) groups is 1. The average molecular weight is 447 g/mol. The molecule has 3 fully saturated rings. The van der Waals surface area contributed by atoms with E-state index in [1.165, 1.54) is 12.8 Å². The molecule has 2 aromatic heterocycles. The quantitative estimate of drug-likeness (QED) is 0.606. The molecule has 2 N–H and O–H groups in total. The second-order valence-corrected chi connectivity index (χ2v) is 9.46. The zero-order valence-electron chi connectivity index (χ0n) is 19.0. The van der Waals surface area contributed by atoms with Gasteiger partial charge in [0, 0.05) is 62.9 Å². The van der Waals surface area contributed by atoms with Crippen LogP contribution in [0, 0.1) is 5.92 Å². The zero-order valence-corrected chi connectivity index (χ0v) is 19.0. The van der Waals surface area contributed by atoms with Crippen molar-refractivity contribution in [1.82, 2.24) is 25.2 Å². The smallest absolute Gasteiger partial charge is 0.220 e. The molecule has 1 aromatic carbocycles. The number of piperazine rings is 1. The molecule has 33 heavy (non-hydrogen) atoms. The molecule has 4 heterocycles. The molecule has 2 aliphatic heterocycles. The van der Waals surface area contributed by atoms with Crippen molar-refractivity contribution in [2.45, 2.75) is 38.3 Å². The lowest BCUT2D eigenvalue weighted by Crippen LogP contribution is -2.43. The van der Waals surface area contributed by atoms with E-state index in [2.05, 4.69) is 51.3 Å². The molecule has 8 heteroatoms. The largest absolute Gasteiger partial charge is 0.488 e. The zero-order chi connectivity index (χ0) is 22.4. The summed E-state index contributed by atoms with van der Waals surface area (Å²) in [4.78, 5) is 23.5. The van der Waals surface area contributed by atoms with Crippen LogP contribution in [0.1, 0.15) is 32.2 Å². The molecule has 3 aliphatic rings. The van der Waals surface area contributed by atoms with E-state index in [-0.39, 0.29) is 17.9 Å². The number of carbonyl (C=O) groups excluding carboxylic acids is 1. The van der Waals surface area contributed by atoms with Crippen molar-refractivity contribution in [2.24, 2.45) is 5.92 Å². The summed E-state index contributed by atoms with van der Waals surface area (Å²) in [5.74, 6) is 2.13. The van der Waals surface area contributed by atoms with Crippen LogP contribution in [0.15, 0.2) is 36.8 Å². The van der Waals surface area contributed by atoms with Gasteiger partial charge in [0.15, 0.2) is 0 Å². The number of ether oxygens (including phenoxy) is 1. The van der Waals surface area contributed by atoms with E-state index in [0.29, 0.717) is 19.0 Å². The Bertz CT molecular complexity index is 1160. The van der Waals surface area contributed by atoms with E-state index >= 15 is 0 Å². The van der Waals surface area contributed by atoms with Gasteiger partial charge in [-0.1, -0.05) is 0 Å². The van der Waals surface area contributed by atoms with Crippen LogP contribution < -0.4 is 20.3 Å². The van der Waals surface area contributed by atoms with Crippen LogP contribution in [-0.2, 0) is 4.79 Å². The van der Waals surface area contributed by atoms with Crippen molar-refractivity contribution in [2.75, 3.05) is 37.6 Å². The summed E-state index contributed by atoms with van der Waals surface area (Å²) < 4.78 is 8.78. The predicted molar refractivity (Wildman–Crippen MR) is 128 cm³/mol. The predicted octanol–water partition coefficient (Wildman–Crippen LogP) is 2.75. The minimum atomic E-state index is -0.0711. The lowest BCUT2D eigenvalue weighted by molar-refractivity contribution is -0.119. The van der Waals surface area contributed by atoms with Gasteiger partial charge in [0.2, 0.25) is 5.91 Å². The number of pyridine rings is 1. The molecule has 1 saturated carbocycles. The lowest BCUT2D eigenvalue weighted by atomic mass is 10.0. The first kappa shape index (κ1) is 20.5. The Morgan fingerprint density at radius 2 is 1.97 bits per heavy atom. The van der Waals surface area contributed by atoms with E-state index in [4.69, 9.17) is 14.7 Å². The third-order valence-electron chi connectivity index (χ3n) is 7.08. The van der Waals surface area contributed by atoms with Crippen molar-refractivity contribution >= 4 is 22.8 Å². The van der Waals surface area contributed by atoms with Gasteiger partial charge in [0.25, 0.3) is 0 Å². The summed E-state index contributed by atoms with van der Waals surface area (Å²) in [5.41, 5.74) is 4.09. The second-order valence-electron chi connectivity index (χ2n) is 9.46. The Hall–Kier alpha value is -3.13. The summed E-state index contributed by atoms with van der Waals surface area (Å²) in [5, 5.41) is 6.31. The molecule has 3 aromatic rings. The minimum Gasteiger partial charge on any atom is -0.488 e. The van der Waals surface area contributed by atoms with Crippen LogP contribution in [0.5, 0.6) is 5.75 Å². The maximum absolute atomic E-state index is 11.7. The van der Waals surface area contributed by atoms with Gasteiger partial charge in [0.05, 0.1) is 11.8 Å². The maximum Gasteiger partial charge on any atom is 0.220 e. The fourth-order valence-electron chi connectivity index (χ4n) is 4.91. The Kier molecular flexibility index (Phi) is 5.17. The van der Waals surface area contributed by atoms with Crippen LogP contribution in [0.2, 0.25) is 0 Å². The van der Waals surface area contributed by atoms with Gasteiger partial charge < -0.3 is 24.8 Å². The average Bonchev–Trinajstić information content (AvgIpc) is 3.45. The highest BCUT2D eigenvalue weighted by molar-refractivity contribution is 5.88. The standard InChI is InChI=1S/C25H30N6O2/c1-16(19-12-24(32)28-14-19)33-22-11-18(10-21-25(22)31(15-29-21)20-3-4-20)17-2-5-23(27-13-17)30-8-6-26-7-9-30/h2,5,10-11,13,15-16,19-20,26H,3-4,6-9,12,14H2,1H3,(H,28,32). The number of anilines is 1. The molecule has 172 valence electrons. The molecular weight excluding hydrogens is 416 g/mol. The minimum absolute atomic E-state index is 0.0711. The number of rotatable bonds is 6. The SMILES string of the molecule is CC(Oc1cc(-c2ccc(N3CCNCC3)nc2)cc2ncn(C3CC3)c12)C1CNC(=O)C1. The molecule has 0 spiro atoms. The summed E-state index contributed by atoms with van der Waals surface area (Å²) in [6.45, 7) is 6.67. The monoisotopic (exact) mass is 446 g/mol. The number of benzene rings is 1. The number of nitrogens with one attached hydrogen (secondary N) is 2. The summed E-state index contributed by atoms with van der Waals surface area (Å²) >= 11 is 0. The number of hydrogen-bond acceptors (Lipinski definition) is 6.